The molecule has 110 valence electrons. The predicted octanol–water partition coefficient (Wildman–Crippen LogP) is 5.15. The molecule has 0 spiro atoms. The zero-order chi connectivity index (χ0) is 15.1. The summed E-state index contributed by atoms with van der Waals surface area (Å²) in [6.45, 7) is 6.70. The van der Waals surface area contributed by atoms with Crippen LogP contribution in [0.2, 0.25) is 0 Å². The molecule has 0 heterocycles. The lowest BCUT2D eigenvalue weighted by molar-refractivity contribution is 0.516. The van der Waals surface area contributed by atoms with Gasteiger partial charge in [0.25, 0.3) is 0 Å². The largest absolute Gasteiger partial charge is 0.282 e. The lowest BCUT2D eigenvalue weighted by atomic mass is 10.0. The SMILES string of the molecule is CC(C)CCC(C)N=C1C=CC(=Nc2ccccc2)C=C1. The van der Waals surface area contributed by atoms with Crippen LogP contribution in [0.4, 0.5) is 5.69 Å². The quantitative estimate of drug-likeness (QED) is 0.666. The Balaban J connectivity index is 1.96. The zero-order valence-electron chi connectivity index (χ0n) is 13.2. The Morgan fingerprint density at radius 3 is 2.05 bits per heavy atom. The van der Waals surface area contributed by atoms with Gasteiger partial charge in [0.05, 0.1) is 17.1 Å². The van der Waals surface area contributed by atoms with Crippen LogP contribution in [0, 0.1) is 5.92 Å². The lowest BCUT2D eigenvalue weighted by Crippen LogP contribution is -2.06. The molecule has 0 N–H and O–H groups in total. The highest BCUT2D eigenvalue weighted by molar-refractivity contribution is 6.19. The van der Waals surface area contributed by atoms with Crippen LogP contribution in [-0.2, 0) is 0 Å². The van der Waals surface area contributed by atoms with E-state index >= 15 is 0 Å². The van der Waals surface area contributed by atoms with Crippen molar-refractivity contribution in [2.75, 3.05) is 0 Å². The summed E-state index contributed by atoms with van der Waals surface area (Å²) >= 11 is 0. The van der Waals surface area contributed by atoms with E-state index in [2.05, 4.69) is 25.8 Å². The van der Waals surface area contributed by atoms with Gasteiger partial charge in [0.2, 0.25) is 0 Å². The molecular weight excluding hydrogens is 256 g/mol. The highest BCUT2D eigenvalue weighted by atomic mass is 14.8. The summed E-state index contributed by atoms with van der Waals surface area (Å²) in [5.41, 5.74) is 2.99. The molecule has 0 aliphatic heterocycles. The summed E-state index contributed by atoms with van der Waals surface area (Å²) in [4.78, 5) is 9.32. The fourth-order valence-corrected chi connectivity index (χ4v) is 2.16. The normalized spacial score (nSPS) is 15.4. The van der Waals surface area contributed by atoms with Gasteiger partial charge in [-0.3, -0.25) is 4.99 Å². The third-order valence-corrected chi connectivity index (χ3v) is 3.40. The number of aliphatic imine (C=N–C) groups is 2. The van der Waals surface area contributed by atoms with Gasteiger partial charge in [-0.15, -0.1) is 0 Å². The van der Waals surface area contributed by atoms with Crippen LogP contribution in [-0.4, -0.2) is 17.5 Å². The first-order valence-corrected chi connectivity index (χ1v) is 7.71. The Labute approximate surface area is 128 Å². The van der Waals surface area contributed by atoms with Gasteiger partial charge in [0.15, 0.2) is 0 Å². The van der Waals surface area contributed by atoms with E-state index in [4.69, 9.17) is 4.99 Å². The van der Waals surface area contributed by atoms with Gasteiger partial charge < -0.3 is 0 Å². The van der Waals surface area contributed by atoms with Crippen LogP contribution >= 0.6 is 0 Å². The standard InChI is InChI=1S/C19H24N2/c1-15(2)9-10-16(3)20-18-11-13-19(14-12-18)21-17-7-5-4-6-8-17/h4-8,11-16H,9-10H2,1-3H3. The number of nitrogens with zero attached hydrogens (tertiary/aromatic N) is 2. The molecule has 2 heteroatoms. The minimum atomic E-state index is 0.379. The summed E-state index contributed by atoms with van der Waals surface area (Å²) in [6, 6.07) is 10.4. The molecule has 0 amide bonds. The van der Waals surface area contributed by atoms with Crippen LogP contribution in [0.3, 0.4) is 0 Å². The van der Waals surface area contributed by atoms with E-state index < -0.39 is 0 Å². The van der Waals surface area contributed by atoms with Gasteiger partial charge in [-0.2, -0.15) is 0 Å². The smallest absolute Gasteiger partial charge is 0.0638 e. The number of rotatable bonds is 5. The second-order valence-corrected chi connectivity index (χ2v) is 5.91. The van der Waals surface area contributed by atoms with E-state index in [1.807, 2.05) is 54.6 Å². The van der Waals surface area contributed by atoms with Crippen molar-refractivity contribution in [1.29, 1.82) is 0 Å². The van der Waals surface area contributed by atoms with Crippen molar-refractivity contribution in [3.8, 4) is 0 Å². The fourth-order valence-electron chi connectivity index (χ4n) is 2.16. The highest BCUT2D eigenvalue weighted by Gasteiger charge is 2.04. The van der Waals surface area contributed by atoms with E-state index in [1.165, 1.54) is 6.42 Å². The summed E-state index contributed by atoms with van der Waals surface area (Å²) < 4.78 is 0. The molecule has 0 saturated carbocycles. The lowest BCUT2D eigenvalue weighted by Gasteiger charge is -2.10. The number of hydrogen-bond donors (Lipinski definition) is 0. The van der Waals surface area contributed by atoms with Crippen molar-refractivity contribution in [3.63, 3.8) is 0 Å². The van der Waals surface area contributed by atoms with E-state index in [0.717, 1.165) is 29.4 Å². The van der Waals surface area contributed by atoms with Crippen molar-refractivity contribution < 1.29 is 0 Å². The number of hydrogen-bond acceptors (Lipinski definition) is 2. The molecule has 0 radical (unpaired) electrons. The molecule has 0 saturated heterocycles. The second kappa shape index (κ2) is 7.72. The number of para-hydroxylation sites is 1. The Morgan fingerprint density at radius 2 is 1.43 bits per heavy atom. The first-order valence-electron chi connectivity index (χ1n) is 7.71. The summed E-state index contributed by atoms with van der Waals surface area (Å²) in [5, 5.41) is 0. The molecule has 1 aliphatic carbocycles. The first-order chi connectivity index (χ1) is 10.1. The molecule has 1 aliphatic rings. The van der Waals surface area contributed by atoms with Gasteiger partial charge in [-0.05, 0) is 62.1 Å². The monoisotopic (exact) mass is 280 g/mol. The van der Waals surface area contributed by atoms with Crippen molar-refractivity contribution in [3.05, 3.63) is 54.6 Å². The average molecular weight is 280 g/mol. The number of allylic oxidation sites excluding steroid dienone is 4. The molecule has 1 unspecified atom stereocenters. The third kappa shape index (κ3) is 5.50. The summed E-state index contributed by atoms with van der Waals surface area (Å²) in [5.74, 6) is 0.745. The zero-order valence-corrected chi connectivity index (χ0v) is 13.2. The molecule has 0 aromatic heterocycles. The molecule has 0 bridgehead atoms. The van der Waals surface area contributed by atoms with E-state index in [0.29, 0.717) is 6.04 Å². The van der Waals surface area contributed by atoms with Gasteiger partial charge >= 0.3 is 0 Å². The molecule has 2 nitrogen and oxygen atoms in total. The molecule has 1 atom stereocenters. The summed E-state index contributed by atoms with van der Waals surface area (Å²) in [7, 11) is 0. The van der Waals surface area contributed by atoms with Crippen LogP contribution in [0.15, 0.2) is 64.6 Å². The van der Waals surface area contributed by atoms with Crippen molar-refractivity contribution in [2.24, 2.45) is 15.9 Å². The van der Waals surface area contributed by atoms with Gasteiger partial charge in [0, 0.05) is 6.04 Å². The van der Waals surface area contributed by atoms with Gasteiger partial charge in [-0.25, -0.2) is 4.99 Å². The van der Waals surface area contributed by atoms with E-state index in [-0.39, 0.29) is 0 Å². The van der Waals surface area contributed by atoms with E-state index in [1.54, 1.807) is 0 Å². The maximum atomic E-state index is 4.74. The first kappa shape index (κ1) is 15.4. The maximum absolute atomic E-state index is 4.74. The molecule has 2 rings (SSSR count). The Morgan fingerprint density at radius 1 is 0.810 bits per heavy atom. The molecule has 0 fully saturated rings. The van der Waals surface area contributed by atoms with Crippen LogP contribution in [0.25, 0.3) is 0 Å². The fraction of sp³-hybridized carbons (Fsp3) is 0.368. The Bertz CT molecular complexity index is 544. The van der Waals surface area contributed by atoms with Crippen LogP contribution in [0.1, 0.15) is 33.6 Å². The van der Waals surface area contributed by atoms with Crippen molar-refractivity contribution >= 4 is 17.1 Å². The number of benzene rings is 1. The van der Waals surface area contributed by atoms with Gasteiger partial charge in [-0.1, -0.05) is 32.0 Å². The van der Waals surface area contributed by atoms with Crippen LogP contribution in [0.5, 0.6) is 0 Å². The minimum Gasteiger partial charge on any atom is -0.282 e. The predicted molar refractivity (Wildman–Crippen MR) is 92.8 cm³/mol. The van der Waals surface area contributed by atoms with Crippen molar-refractivity contribution in [2.45, 2.75) is 39.7 Å². The van der Waals surface area contributed by atoms with E-state index in [9.17, 15) is 0 Å². The average Bonchev–Trinajstić information content (AvgIpc) is 2.48. The molecule has 1 aromatic rings. The minimum absolute atomic E-state index is 0.379. The summed E-state index contributed by atoms with van der Waals surface area (Å²) in [6.07, 6.45) is 10.5. The third-order valence-electron chi connectivity index (χ3n) is 3.40. The van der Waals surface area contributed by atoms with Crippen molar-refractivity contribution in [1.82, 2.24) is 0 Å². The Kier molecular flexibility index (Phi) is 5.68. The highest BCUT2D eigenvalue weighted by Crippen LogP contribution is 2.13. The van der Waals surface area contributed by atoms with Crippen LogP contribution < -0.4 is 0 Å². The molecule has 1 aromatic carbocycles. The molecular formula is C19H24N2. The molecule has 21 heavy (non-hydrogen) atoms. The second-order valence-electron chi connectivity index (χ2n) is 5.91. The maximum Gasteiger partial charge on any atom is 0.0638 e. The topological polar surface area (TPSA) is 24.7 Å². The van der Waals surface area contributed by atoms with Gasteiger partial charge in [0.1, 0.15) is 0 Å². The Hall–Kier alpha value is -1.96.